The number of azide groups is 1. The second kappa shape index (κ2) is 23.1. The molecule has 0 bridgehead atoms. The molecule has 3 aromatic carbocycles. The molecule has 3 aromatic rings. The molecular formula is C50H64ClN6O7S+. The number of nitrogens with zero attached hydrogens (tertiary/aromatic N) is 5. The third-order valence-corrected chi connectivity index (χ3v) is 13.7. The first-order valence-corrected chi connectivity index (χ1v) is 24.7. The molecule has 0 unspecified atom stereocenters. The van der Waals surface area contributed by atoms with E-state index in [1.807, 2.05) is 6.07 Å². The van der Waals surface area contributed by atoms with Crippen LogP contribution < -0.4 is 10.2 Å². The summed E-state index contributed by atoms with van der Waals surface area (Å²) in [4.78, 5) is 17.4. The van der Waals surface area contributed by atoms with Gasteiger partial charge in [0.1, 0.15) is 6.54 Å². The minimum absolute atomic E-state index is 0.0237. The molecule has 0 radical (unpaired) electrons. The SMILES string of the molecule is CC1(C)C(/C=C/C2=C(Cl)C(=C/C=C3/N(CCCS(=O)(=O)O)c4ccc5ccccc5c4C3(C)C)/CC2)=[N+](CCCCCC(=O)NCCOCCOCCOCCN=[N+]=[N-])c2ccccc21. The molecule has 2 aliphatic heterocycles. The highest BCUT2D eigenvalue weighted by Crippen LogP contribution is 2.51. The number of hydrogen-bond acceptors (Lipinski definition) is 8. The van der Waals surface area contributed by atoms with Gasteiger partial charge in [-0.3, -0.25) is 9.35 Å². The molecule has 1 amide bonds. The number of hydrogen-bond donors (Lipinski definition) is 2. The molecule has 0 fully saturated rings. The molecule has 0 atom stereocenters. The van der Waals surface area contributed by atoms with Crippen LogP contribution in [0, 0.1) is 0 Å². The molecule has 1 aliphatic carbocycles. The van der Waals surface area contributed by atoms with Gasteiger partial charge in [0.05, 0.1) is 50.8 Å². The fourth-order valence-electron chi connectivity index (χ4n) is 9.21. The summed E-state index contributed by atoms with van der Waals surface area (Å²) in [5.41, 5.74) is 16.8. The van der Waals surface area contributed by atoms with Crippen molar-refractivity contribution in [3.05, 3.63) is 128 Å². The van der Waals surface area contributed by atoms with E-state index in [1.54, 1.807) is 0 Å². The number of allylic oxidation sites excluding steroid dienone is 8. The summed E-state index contributed by atoms with van der Waals surface area (Å²) in [5, 5.41) is 9.43. The summed E-state index contributed by atoms with van der Waals surface area (Å²) < 4.78 is 51.6. The van der Waals surface area contributed by atoms with Gasteiger partial charge in [-0.1, -0.05) is 91.2 Å². The van der Waals surface area contributed by atoms with Crippen molar-refractivity contribution in [1.82, 2.24) is 5.32 Å². The van der Waals surface area contributed by atoms with Gasteiger partial charge in [0.2, 0.25) is 11.6 Å². The zero-order valence-electron chi connectivity index (χ0n) is 38.2. The van der Waals surface area contributed by atoms with Crippen molar-refractivity contribution in [2.45, 2.75) is 83.5 Å². The van der Waals surface area contributed by atoms with Gasteiger partial charge < -0.3 is 24.4 Å². The van der Waals surface area contributed by atoms with Crippen LogP contribution in [0.3, 0.4) is 0 Å². The third kappa shape index (κ3) is 12.8. The van der Waals surface area contributed by atoms with Crippen molar-refractivity contribution in [3.63, 3.8) is 0 Å². The first-order chi connectivity index (χ1) is 31.2. The van der Waals surface area contributed by atoms with E-state index in [1.165, 1.54) is 27.9 Å². The number of para-hydroxylation sites is 1. The molecule has 13 nitrogen and oxygen atoms in total. The Balaban J connectivity index is 1.06. The lowest BCUT2D eigenvalue weighted by atomic mass is 9.81. The number of amides is 1. The second-order valence-corrected chi connectivity index (χ2v) is 19.6. The van der Waals surface area contributed by atoms with E-state index in [0.717, 1.165) is 71.6 Å². The van der Waals surface area contributed by atoms with E-state index < -0.39 is 10.1 Å². The Hall–Kier alpha value is -4.79. The maximum Gasteiger partial charge on any atom is 0.264 e. The van der Waals surface area contributed by atoms with E-state index in [-0.39, 0.29) is 28.9 Å². The van der Waals surface area contributed by atoms with Gasteiger partial charge in [0.25, 0.3) is 10.1 Å². The minimum Gasteiger partial charge on any atom is -0.379 e. The Morgan fingerprint density at radius 2 is 1.62 bits per heavy atom. The topological polar surface area (TPSA) is 166 Å². The molecule has 2 N–H and O–H groups in total. The monoisotopic (exact) mass is 927 g/mol. The van der Waals surface area contributed by atoms with Crippen molar-refractivity contribution >= 4 is 55.5 Å². The van der Waals surface area contributed by atoms with Crippen molar-refractivity contribution in [2.24, 2.45) is 5.11 Å². The van der Waals surface area contributed by atoms with E-state index in [0.29, 0.717) is 65.7 Å². The van der Waals surface area contributed by atoms with Crippen LogP contribution >= 0.6 is 11.6 Å². The highest BCUT2D eigenvalue weighted by molar-refractivity contribution is 7.85. The molecule has 15 heteroatoms. The van der Waals surface area contributed by atoms with Gasteiger partial charge in [0, 0.05) is 76.9 Å². The fraction of sp³-hybridized carbons (Fsp3) is 0.480. The standard InChI is InChI=1S/C50H63ClN6O7S/c1-49(2)41-15-9-10-16-42(41)56(28-11-5-6-17-46(58)53-26-30-62-32-34-64-35-33-63-31-27-54-55-52)44(49)24-21-38-18-19-39(48(38)51)22-25-45-50(3,4)47-40-14-8-7-13-37(40)20-23-43(47)57(45)29-12-36-65(59,60)61/h7-10,13-16,20-25H,5-6,11-12,17-19,26-36H2,1-4H3,(H-,53,58,59,60,61)/p+1. The Kier molecular flexibility index (Phi) is 17.6. The number of fused-ring (bicyclic) bond motifs is 4. The van der Waals surface area contributed by atoms with Crippen LogP contribution in [0.25, 0.3) is 21.2 Å². The van der Waals surface area contributed by atoms with Gasteiger partial charge in [-0.05, 0) is 91.1 Å². The van der Waals surface area contributed by atoms with Crippen LogP contribution in [0.4, 0.5) is 11.4 Å². The Labute approximate surface area is 389 Å². The highest BCUT2D eigenvalue weighted by atomic mass is 35.5. The predicted octanol–water partition coefficient (Wildman–Crippen LogP) is 9.98. The zero-order valence-corrected chi connectivity index (χ0v) is 39.8. The molecule has 0 saturated carbocycles. The number of benzene rings is 3. The summed E-state index contributed by atoms with van der Waals surface area (Å²) in [5.74, 6) is -0.280. The van der Waals surface area contributed by atoms with E-state index in [4.69, 9.17) is 31.3 Å². The van der Waals surface area contributed by atoms with Crippen molar-refractivity contribution in [3.8, 4) is 0 Å². The van der Waals surface area contributed by atoms with Crippen molar-refractivity contribution < 1.29 is 36.6 Å². The van der Waals surface area contributed by atoms with Gasteiger partial charge in [-0.25, -0.2) is 0 Å². The van der Waals surface area contributed by atoms with Gasteiger partial charge in [0.15, 0.2) is 5.71 Å². The lowest BCUT2D eigenvalue weighted by Gasteiger charge is -2.27. The van der Waals surface area contributed by atoms with Gasteiger partial charge in [-0.15, -0.1) is 0 Å². The minimum atomic E-state index is -4.09. The van der Waals surface area contributed by atoms with Crippen LogP contribution in [0.2, 0.25) is 0 Å². The van der Waals surface area contributed by atoms with E-state index >= 15 is 0 Å². The van der Waals surface area contributed by atoms with E-state index in [2.05, 4.69) is 131 Å². The normalized spacial score (nSPS) is 17.8. The number of ether oxygens (including phenoxy) is 3. The van der Waals surface area contributed by atoms with Crippen LogP contribution in [0.5, 0.6) is 0 Å². The average molecular weight is 929 g/mol. The molecule has 65 heavy (non-hydrogen) atoms. The number of halogens is 1. The van der Waals surface area contributed by atoms with Crippen molar-refractivity contribution in [2.75, 3.05) is 76.5 Å². The van der Waals surface area contributed by atoms with Crippen LogP contribution in [0.15, 0.2) is 112 Å². The maximum absolute atomic E-state index is 12.5. The highest BCUT2D eigenvalue weighted by Gasteiger charge is 2.44. The van der Waals surface area contributed by atoms with Crippen LogP contribution in [0.1, 0.15) is 83.8 Å². The number of carbonyl (C=O) groups is 1. The third-order valence-electron chi connectivity index (χ3n) is 12.4. The quantitative estimate of drug-likeness (QED) is 0.0212. The van der Waals surface area contributed by atoms with Crippen LogP contribution in [-0.2, 0) is 40.0 Å². The second-order valence-electron chi connectivity index (χ2n) is 17.6. The molecule has 0 spiro atoms. The molecule has 348 valence electrons. The predicted molar refractivity (Wildman–Crippen MR) is 260 cm³/mol. The maximum atomic E-state index is 12.5. The van der Waals surface area contributed by atoms with Crippen molar-refractivity contribution in [1.29, 1.82) is 0 Å². The van der Waals surface area contributed by atoms with Gasteiger partial charge in [-0.2, -0.15) is 13.0 Å². The lowest BCUT2D eigenvalue weighted by molar-refractivity contribution is -0.438. The Morgan fingerprint density at radius 1 is 0.892 bits per heavy atom. The number of nitrogens with one attached hydrogen (secondary N) is 1. The Bertz CT molecular complexity index is 2500. The first-order valence-electron chi connectivity index (χ1n) is 22.7. The molecule has 2 heterocycles. The summed E-state index contributed by atoms with van der Waals surface area (Å²) in [6.07, 6.45) is 13.7. The largest absolute Gasteiger partial charge is 0.379 e. The van der Waals surface area contributed by atoms with Crippen LogP contribution in [-0.4, -0.2) is 101 Å². The summed E-state index contributed by atoms with van der Waals surface area (Å²) >= 11 is 7.20. The smallest absolute Gasteiger partial charge is 0.264 e. The lowest BCUT2D eigenvalue weighted by Crippen LogP contribution is -2.28. The fourth-order valence-corrected chi connectivity index (χ4v) is 10.0. The number of rotatable bonds is 25. The molecule has 3 aliphatic rings. The Morgan fingerprint density at radius 3 is 2.38 bits per heavy atom. The number of carbonyl (C=O) groups excluding carboxylic acids is 1. The number of anilines is 1. The molecular weight excluding hydrogens is 864 g/mol. The average Bonchev–Trinajstić information content (AvgIpc) is 3.81. The van der Waals surface area contributed by atoms with E-state index in [9.17, 15) is 17.8 Å². The molecule has 0 saturated heterocycles. The summed E-state index contributed by atoms with van der Waals surface area (Å²) in [6, 6.07) is 21.2. The zero-order chi connectivity index (χ0) is 46.5. The molecule has 0 aromatic heterocycles. The first kappa shape index (κ1) is 49.6. The van der Waals surface area contributed by atoms with Gasteiger partial charge >= 0.3 is 0 Å². The number of unbranched alkanes of at least 4 members (excludes halogenated alkanes) is 2. The molecule has 6 rings (SSSR count). The summed E-state index contributed by atoms with van der Waals surface area (Å²) in [7, 11) is -4.09. The summed E-state index contributed by atoms with van der Waals surface area (Å²) in [6.45, 7) is 13.5.